The number of amides is 2. The summed E-state index contributed by atoms with van der Waals surface area (Å²) in [5.41, 5.74) is 5.46. The lowest BCUT2D eigenvalue weighted by Crippen LogP contribution is -2.55. The summed E-state index contributed by atoms with van der Waals surface area (Å²) >= 11 is 6.78. The van der Waals surface area contributed by atoms with Crippen LogP contribution in [0.5, 0.6) is 23.5 Å². The number of anilines is 2. The largest absolute Gasteiger partial charge is 0.508 e. The summed E-state index contributed by atoms with van der Waals surface area (Å²) in [7, 11) is 0. The molecule has 10 rings (SSSR count). The smallest absolute Gasteiger partial charge is 0.319 e. The minimum Gasteiger partial charge on any atom is -0.508 e. The van der Waals surface area contributed by atoms with Gasteiger partial charge < -0.3 is 39.7 Å². The first kappa shape index (κ1) is 51.9. The highest BCUT2D eigenvalue weighted by Gasteiger charge is 2.36. The Bertz CT molecular complexity index is 3180. The third-order valence-corrected chi connectivity index (χ3v) is 15.6. The van der Waals surface area contributed by atoms with Gasteiger partial charge >= 0.3 is 12.0 Å². The van der Waals surface area contributed by atoms with Gasteiger partial charge in [0.1, 0.15) is 23.9 Å². The van der Waals surface area contributed by atoms with E-state index in [2.05, 4.69) is 48.5 Å². The highest BCUT2D eigenvalue weighted by molar-refractivity contribution is 6.36. The second kappa shape index (κ2) is 22.4. The van der Waals surface area contributed by atoms with E-state index in [-0.39, 0.29) is 66.6 Å². The number of piperidine rings is 1. The Morgan fingerprint density at radius 2 is 1.63 bits per heavy atom. The molecule has 396 valence electrons. The number of nitrogens with zero attached hydrogens (tertiary/aromatic N) is 12. The molecule has 1 atom stereocenters. The summed E-state index contributed by atoms with van der Waals surface area (Å²) in [4.78, 5) is 48.9. The van der Waals surface area contributed by atoms with E-state index in [9.17, 15) is 34.6 Å². The Hall–Kier alpha value is -7.53. The maximum Gasteiger partial charge on any atom is 0.319 e. The molecule has 4 aliphatic rings. The van der Waals surface area contributed by atoms with Gasteiger partial charge in [0.05, 0.1) is 47.0 Å². The average Bonchev–Trinajstić information content (AvgIpc) is 3.81. The third kappa shape index (κ3) is 10.8. The van der Waals surface area contributed by atoms with Gasteiger partial charge in [-0.05, 0) is 85.1 Å². The molecule has 4 aliphatic heterocycles. The first-order valence-electron chi connectivity index (χ1n) is 26.0. The van der Waals surface area contributed by atoms with Crippen molar-refractivity contribution in [1.29, 1.82) is 5.26 Å². The molecule has 6 aromatic rings. The minimum absolute atomic E-state index is 0.0113. The fourth-order valence-corrected chi connectivity index (χ4v) is 11.5. The average molecular weight is 1050 g/mol. The highest BCUT2D eigenvalue weighted by atomic mass is 35.5. The number of benzene rings is 4. The number of hydrogen-bond donors (Lipinski definition) is 3. The van der Waals surface area contributed by atoms with Gasteiger partial charge in [-0.15, -0.1) is 5.10 Å². The number of likely N-dealkylation sites (tertiary alicyclic amines) is 1. The Kier molecular flexibility index (Phi) is 15.3. The van der Waals surface area contributed by atoms with E-state index < -0.39 is 17.8 Å². The summed E-state index contributed by atoms with van der Waals surface area (Å²) < 4.78 is 21.9. The number of carbonyl (C=O) groups excluding carboxylic acids is 2. The van der Waals surface area contributed by atoms with Crippen molar-refractivity contribution < 1.29 is 34.0 Å². The topological polar surface area (TPSA) is 204 Å². The molecule has 3 fully saturated rings. The van der Waals surface area contributed by atoms with Crippen molar-refractivity contribution >= 4 is 45.7 Å². The summed E-state index contributed by atoms with van der Waals surface area (Å²) in [6.07, 6.45) is 2.20. The normalized spacial score (nSPS) is 17.8. The van der Waals surface area contributed by atoms with Gasteiger partial charge in [0.25, 0.3) is 5.91 Å². The van der Waals surface area contributed by atoms with Crippen molar-refractivity contribution in [2.24, 2.45) is 5.92 Å². The number of piperazine rings is 2. The van der Waals surface area contributed by atoms with Crippen LogP contribution in [0, 0.1) is 17.2 Å². The molecule has 0 spiro atoms. The number of aromatic hydroxyl groups is 3. The van der Waals surface area contributed by atoms with Gasteiger partial charge in [0.2, 0.25) is 5.91 Å². The number of aromatic nitrogens is 5. The molecule has 3 N–H and O–H groups in total. The van der Waals surface area contributed by atoms with E-state index >= 15 is 0 Å². The zero-order chi connectivity index (χ0) is 53.2. The van der Waals surface area contributed by atoms with Gasteiger partial charge in [-0.25, -0.2) is 8.96 Å². The van der Waals surface area contributed by atoms with E-state index in [0.29, 0.717) is 99.6 Å². The number of rotatable bonds is 14. The van der Waals surface area contributed by atoms with Gasteiger partial charge in [0, 0.05) is 94.1 Å². The lowest BCUT2D eigenvalue weighted by atomic mass is 9.94. The maximum absolute atomic E-state index is 14.1. The number of hydrogen-bond acceptors (Lipinski definition) is 15. The Morgan fingerprint density at radius 3 is 2.36 bits per heavy atom. The number of ether oxygens (including phenoxy) is 1. The van der Waals surface area contributed by atoms with Crippen molar-refractivity contribution in [3.8, 4) is 46.7 Å². The lowest BCUT2D eigenvalue weighted by molar-refractivity contribution is -0.139. The van der Waals surface area contributed by atoms with Crippen LogP contribution < -0.4 is 14.5 Å². The predicted octanol–water partition coefficient (Wildman–Crippen LogP) is 7.18. The molecule has 76 heavy (non-hydrogen) atoms. The van der Waals surface area contributed by atoms with Crippen LogP contribution in [0.4, 0.5) is 15.9 Å². The molecule has 2 amide bonds. The van der Waals surface area contributed by atoms with E-state index in [1.165, 1.54) is 15.5 Å². The van der Waals surface area contributed by atoms with Crippen molar-refractivity contribution in [3.05, 3.63) is 113 Å². The Balaban J connectivity index is 0.735. The number of phenolic OH excluding ortho intramolecular Hbond substituents is 2. The predicted molar refractivity (Wildman–Crippen MR) is 286 cm³/mol. The molecule has 0 radical (unpaired) electrons. The summed E-state index contributed by atoms with van der Waals surface area (Å²) in [6.45, 7) is 15.0. The first-order valence-corrected chi connectivity index (χ1v) is 26.4. The van der Waals surface area contributed by atoms with Crippen molar-refractivity contribution in [1.82, 2.24) is 44.3 Å². The number of halogens is 2. The van der Waals surface area contributed by atoms with Crippen molar-refractivity contribution in [2.45, 2.75) is 64.6 Å². The zero-order valence-corrected chi connectivity index (χ0v) is 43.5. The molecule has 1 unspecified atom stereocenters. The van der Waals surface area contributed by atoms with Crippen molar-refractivity contribution in [2.75, 3.05) is 88.4 Å². The summed E-state index contributed by atoms with van der Waals surface area (Å²) in [5, 5.41) is 52.2. The summed E-state index contributed by atoms with van der Waals surface area (Å²) in [6, 6.07) is 24.2. The molecular formula is C56H62ClFN12O6. The molecule has 20 heteroatoms. The standard InChI is InChI=1S/C56H62ClFN12O6/c1-35(2)43-30-44(49(72)31-48(43)71)52-62-63-56(75)70(52)40-12-10-37(11-13-40)32-65-19-15-39(16-20-65)54(74)66-24-22-64(23-25-66)28-29-76-55-60-46-34-67(47-9-5-7-38-6-4-8-45(57)50(38)47)21-17-42(46)51(61-55)68-26-27-69(53(73)36(3)58)41(33-68)14-18-59/h4-13,30-31,35,39,41,71-72H,3,14-17,19-29,32-34H2,1-2H3,(H,63,75). The highest BCUT2D eigenvalue weighted by Crippen LogP contribution is 2.40. The van der Waals surface area contributed by atoms with E-state index in [1.54, 1.807) is 6.07 Å². The Labute approximate surface area is 445 Å². The van der Waals surface area contributed by atoms with Crippen LogP contribution in [0.1, 0.15) is 61.4 Å². The summed E-state index contributed by atoms with van der Waals surface area (Å²) in [5.74, 6) is -0.954. The molecule has 3 saturated heterocycles. The SMILES string of the molecule is C=C(F)C(=O)N1CCN(c2nc(OCCN3CCN(C(=O)C4CCN(Cc5ccc(-n6c(O)nnc6-c6cc(C(C)C)c(O)cc6O)cc5)CC4)CC3)nc3c2CCN(c2cccc4cccc(Cl)c24)C3)CC1CC#N. The van der Waals surface area contributed by atoms with Crippen LogP contribution in [0.15, 0.2) is 85.2 Å². The fourth-order valence-electron chi connectivity index (χ4n) is 11.2. The van der Waals surface area contributed by atoms with Crippen LogP contribution >= 0.6 is 11.6 Å². The van der Waals surface area contributed by atoms with Gasteiger partial charge in [0.15, 0.2) is 11.7 Å². The van der Waals surface area contributed by atoms with Gasteiger partial charge in [-0.1, -0.05) is 73.5 Å². The maximum atomic E-state index is 14.1. The number of nitriles is 1. The first-order chi connectivity index (χ1) is 36.7. The molecule has 0 saturated carbocycles. The third-order valence-electron chi connectivity index (χ3n) is 15.3. The molecular weight excluding hydrogens is 991 g/mol. The van der Waals surface area contributed by atoms with Crippen LogP contribution in [-0.2, 0) is 29.1 Å². The van der Waals surface area contributed by atoms with Gasteiger partial charge in [-0.2, -0.15) is 15.2 Å². The second-order valence-electron chi connectivity index (χ2n) is 20.4. The van der Waals surface area contributed by atoms with Crippen LogP contribution in [0.3, 0.4) is 0 Å². The van der Waals surface area contributed by atoms with Crippen LogP contribution in [-0.4, -0.2) is 156 Å². The number of phenols is 2. The molecule has 4 aromatic carbocycles. The van der Waals surface area contributed by atoms with E-state index in [4.69, 9.17) is 26.3 Å². The number of fused-ring (bicyclic) bond motifs is 2. The molecule has 2 aromatic heterocycles. The monoisotopic (exact) mass is 1050 g/mol. The molecule has 0 aliphatic carbocycles. The Morgan fingerprint density at radius 1 is 0.882 bits per heavy atom. The van der Waals surface area contributed by atoms with Gasteiger partial charge in [-0.3, -0.25) is 19.4 Å². The zero-order valence-electron chi connectivity index (χ0n) is 42.8. The molecule has 6 heterocycles. The minimum atomic E-state index is -1.05. The lowest BCUT2D eigenvalue weighted by Gasteiger charge is -2.42. The van der Waals surface area contributed by atoms with Crippen LogP contribution in [0.25, 0.3) is 27.8 Å². The molecule has 18 nitrogen and oxygen atoms in total. The second-order valence-corrected chi connectivity index (χ2v) is 20.8. The van der Waals surface area contributed by atoms with Crippen LogP contribution in [0.2, 0.25) is 5.02 Å². The fraction of sp³-hybridized carbons (Fsp3) is 0.411. The molecule has 0 bridgehead atoms. The number of carbonyl (C=O) groups is 2. The van der Waals surface area contributed by atoms with E-state index in [0.717, 1.165) is 59.2 Å². The van der Waals surface area contributed by atoms with E-state index in [1.807, 2.05) is 73.3 Å². The van der Waals surface area contributed by atoms with Crippen molar-refractivity contribution in [3.63, 3.8) is 0 Å². The quantitative estimate of drug-likeness (QED) is 0.0925.